The summed E-state index contributed by atoms with van der Waals surface area (Å²) in [6, 6.07) is 8.59. The number of nitrogens with one attached hydrogen (secondary N) is 2. The lowest BCUT2D eigenvalue weighted by Gasteiger charge is -2.28. The van der Waals surface area contributed by atoms with E-state index in [9.17, 15) is 4.79 Å². The summed E-state index contributed by atoms with van der Waals surface area (Å²) in [6.07, 6.45) is 5.37. The van der Waals surface area contributed by atoms with Crippen molar-refractivity contribution in [2.75, 3.05) is 6.54 Å². The first kappa shape index (κ1) is 19.4. The van der Waals surface area contributed by atoms with Crippen LogP contribution in [0.4, 0.5) is 0 Å². The van der Waals surface area contributed by atoms with Crippen LogP contribution >= 0.6 is 24.0 Å². The van der Waals surface area contributed by atoms with Gasteiger partial charge in [-0.05, 0) is 56.7 Å². The van der Waals surface area contributed by atoms with Crippen molar-refractivity contribution in [3.05, 3.63) is 29.3 Å². The van der Waals surface area contributed by atoms with Crippen LogP contribution in [-0.4, -0.2) is 30.6 Å². The van der Waals surface area contributed by atoms with Crippen molar-refractivity contribution in [3.63, 3.8) is 0 Å². The number of benzene rings is 1. The zero-order chi connectivity index (χ0) is 16.2. The largest absolute Gasteiger partial charge is 0.489 e. The molecule has 3 unspecified atom stereocenters. The van der Waals surface area contributed by atoms with Crippen LogP contribution in [-0.2, 0) is 4.79 Å². The maximum Gasteiger partial charge on any atom is 0.220 e. The average molecular weight is 373 g/mol. The number of hydrogen-bond donors (Lipinski definition) is 2. The van der Waals surface area contributed by atoms with Crippen molar-refractivity contribution in [2.24, 2.45) is 5.92 Å². The molecular formula is C18H26Cl2N2O2. The van der Waals surface area contributed by atoms with Crippen LogP contribution in [0.1, 0.15) is 39.0 Å². The fourth-order valence-corrected chi connectivity index (χ4v) is 3.93. The van der Waals surface area contributed by atoms with E-state index in [0.717, 1.165) is 18.6 Å². The van der Waals surface area contributed by atoms with Crippen molar-refractivity contribution in [1.29, 1.82) is 0 Å². The Morgan fingerprint density at radius 3 is 2.75 bits per heavy atom. The molecule has 0 saturated carbocycles. The molecule has 3 rings (SSSR count). The lowest BCUT2D eigenvalue weighted by Crippen LogP contribution is -2.40. The molecule has 4 nitrogen and oxygen atoms in total. The van der Waals surface area contributed by atoms with Crippen LogP contribution in [0.25, 0.3) is 0 Å². The number of amides is 1. The molecule has 1 amide bonds. The number of carbonyl (C=O) groups excluding carboxylic acids is 1. The third-order valence-corrected chi connectivity index (χ3v) is 5.00. The molecule has 2 aliphatic rings. The maximum absolute atomic E-state index is 12.1. The van der Waals surface area contributed by atoms with Crippen LogP contribution < -0.4 is 15.4 Å². The van der Waals surface area contributed by atoms with E-state index in [1.54, 1.807) is 6.07 Å². The van der Waals surface area contributed by atoms with Crippen LogP contribution in [0.15, 0.2) is 24.3 Å². The molecule has 2 bridgehead atoms. The van der Waals surface area contributed by atoms with Gasteiger partial charge in [0.25, 0.3) is 0 Å². The first-order valence-corrected chi connectivity index (χ1v) is 8.91. The third-order valence-electron chi connectivity index (χ3n) is 4.76. The molecule has 2 heterocycles. The molecule has 2 saturated heterocycles. The molecular weight excluding hydrogens is 347 g/mol. The van der Waals surface area contributed by atoms with E-state index in [4.69, 9.17) is 16.3 Å². The van der Waals surface area contributed by atoms with Gasteiger partial charge < -0.3 is 15.4 Å². The van der Waals surface area contributed by atoms with Gasteiger partial charge in [0.2, 0.25) is 5.91 Å². The molecule has 2 aliphatic heterocycles. The van der Waals surface area contributed by atoms with E-state index in [2.05, 4.69) is 10.6 Å². The maximum atomic E-state index is 12.1. The number of ether oxygens (including phenoxy) is 1. The van der Waals surface area contributed by atoms with Gasteiger partial charge in [-0.2, -0.15) is 0 Å². The summed E-state index contributed by atoms with van der Waals surface area (Å²) in [6.45, 7) is 2.47. The first-order chi connectivity index (χ1) is 11.1. The summed E-state index contributed by atoms with van der Waals surface area (Å²) in [5.41, 5.74) is 0. The second-order valence-corrected chi connectivity index (χ2v) is 7.31. The van der Waals surface area contributed by atoms with Gasteiger partial charge in [-0.1, -0.05) is 17.7 Å². The molecule has 6 heteroatoms. The van der Waals surface area contributed by atoms with Gasteiger partial charge in [0, 0.05) is 23.5 Å². The molecule has 24 heavy (non-hydrogen) atoms. The average Bonchev–Trinajstić information content (AvgIpc) is 2.84. The quantitative estimate of drug-likeness (QED) is 0.802. The van der Waals surface area contributed by atoms with Crippen LogP contribution in [0, 0.1) is 5.92 Å². The normalized spacial score (nSPS) is 26.3. The highest BCUT2D eigenvalue weighted by Gasteiger charge is 2.34. The number of rotatable bonds is 6. The number of piperidine rings is 1. The molecule has 2 N–H and O–H groups in total. The Morgan fingerprint density at radius 1 is 1.38 bits per heavy atom. The Hall–Kier alpha value is -0.970. The molecule has 134 valence electrons. The zero-order valence-electron chi connectivity index (χ0n) is 14.0. The van der Waals surface area contributed by atoms with Gasteiger partial charge >= 0.3 is 0 Å². The van der Waals surface area contributed by atoms with Crippen LogP contribution in [0.5, 0.6) is 5.75 Å². The summed E-state index contributed by atoms with van der Waals surface area (Å²) < 4.78 is 5.77. The monoisotopic (exact) mass is 372 g/mol. The fourth-order valence-electron chi connectivity index (χ4n) is 3.75. The van der Waals surface area contributed by atoms with E-state index in [0.29, 0.717) is 36.0 Å². The standard InChI is InChI=1S/C18H25ClN2O2.ClH/c1-12(23-17-4-2-3-14(19)10-17)11-20-18(22)9-13-7-15-5-6-16(8-13)21-15;/h2-4,10,12-13,15-16,21H,5-9,11H2,1H3,(H,20,22);1H. The Morgan fingerprint density at radius 2 is 2.08 bits per heavy atom. The third kappa shape index (κ3) is 5.54. The van der Waals surface area contributed by atoms with E-state index in [1.165, 1.54) is 12.8 Å². The van der Waals surface area contributed by atoms with Gasteiger partial charge in [-0.3, -0.25) is 4.79 Å². The number of halogens is 2. The summed E-state index contributed by atoms with van der Waals surface area (Å²) in [5.74, 6) is 1.39. The van der Waals surface area contributed by atoms with Crippen molar-refractivity contribution < 1.29 is 9.53 Å². The summed E-state index contributed by atoms with van der Waals surface area (Å²) in [4.78, 5) is 12.1. The molecule has 0 aliphatic carbocycles. The molecule has 2 fully saturated rings. The molecule has 3 atom stereocenters. The predicted octanol–water partition coefficient (Wildman–Crippen LogP) is 3.57. The summed E-state index contributed by atoms with van der Waals surface area (Å²) in [7, 11) is 0. The topological polar surface area (TPSA) is 50.4 Å². The number of fused-ring (bicyclic) bond motifs is 2. The Labute approximate surface area is 155 Å². The Bertz CT molecular complexity index is 544. The number of hydrogen-bond acceptors (Lipinski definition) is 3. The molecule has 0 radical (unpaired) electrons. The second kappa shape index (κ2) is 8.93. The van der Waals surface area contributed by atoms with E-state index in [-0.39, 0.29) is 24.4 Å². The highest BCUT2D eigenvalue weighted by atomic mass is 35.5. The lowest BCUT2D eigenvalue weighted by molar-refractivity contribution is -0.122. The zero-order valence-corrected chi connectivity index (χ0v) is 15.5. The van der Waals surface area contributed by atoms with Crippen molar-refractivity contribution >= 4 is 29.9 Å². The summed E-state index contributed by atoms with van der Waals surface area (Å²) in [5, 5.41) is 7.26. The van der Waals surface area contributed by atoms with Crippen molar-refractivity contribution in [1.82, 2.24) is 10.6 Å². The van der Waals surface area contributed by atoms with E-state index < -0.39 is 0 Å². The smallest absolute Gasteiger partial charge is 0.220 e. The van der Waals surface area contributed by atoms with Crippen molar-refractivity contribution in [3.8, 4) is 5.75 Å². The highest BCUT2D eigenvalue weighted by molar-refractivity contribution is 6.30. The molecule has 1 aromatic carbocycles. The van der Waals surface area contributed by atoms with Crippen molar-refractivity contribution in [2.45, 2.75) is 57.2 Å². The fraction of sp³-hybridized carbons (Fsp3) is 0.611. The molecule has 0 aromatic heterocycles. The van der Waals surface area contributed by atoms with E-state index in [1.807, 2.05) is 25.1 Å². The van der Waals surface area contributed by atoms with Crippen LogP contribution in [0.3, 0.4) is 0 Å². The minimum absolute atomic E-state index is 0. The minimum atomic E-state index is -0.0818. The van der Waals surface area contributed by atoms with Gasteiger partial charge in [-0.15, -0.1) is 12.4 Å². The Balaban J connectivity index is 0.00000208. The van der Waals surface area contributed by atoms with E-state index >= 15 is 0 Å². The lowest BCUT2D eigenvalue weighted by atomic mass is 9.89. The predicted molar refractivity (Wildman–Crippen MR) is 99.1 cm³/mol. The van der Waals surface area contributed by atoms with Gasteiger partial charge in [0.15, 0.2) is 0 Å². The Kier molecular flexibility index (Phi) is 7.20. The SMILES string of the molecule is CC(CNC(=O)CC1CC2CCC(C1)N2)Oc1cccc(Cl)c1.Cl. The molecule has 0 spiro atoms. The summed E-state index contributed by atoms with van der Waals surface area (Å²) >= 11 is 5.94. The minimum Gasteiger partial charge on any atom is -0.489 e. The van der Waals surface area contributed by atoms with Gasteiger partial charge in [-0.25, -0.2) is 0 Å². The first-order valence-electron chi connectivity index (χ1n) is 8.53. The highest BCUT2D eigenvalue weighted by Crippen LogP contribution is 2.32. The van der Waals surface area contributed by atoms with Gasteiger partial charge in [0.1, 0.15) is 11.9 Å². The molecule has 1 aromatic rings. The van der Waals surface area contributed by atoms with Gasteiger partial charge in [0.05, 0.1) is 6.54 Å². The van der Waals surface area contributed by atoms with Crippen LogP contribution in [0.2, 0.25) is 5.02 Å². The number of carbonyl (C=O) groups is 1. The second-order valence-electron chi connectivity index (χ2n) is 6.87.